The molecule has 4 N–H and O–H groups in total. The van der Waals surface area contributed by atoms with Crippen LogP contribution in [0.4, 0.5) is 0 Å². The molecular weight excluding hydrogens is 162 g/mol. The Kier molecular flexibility index (Phi) is 3.69. The van der Waals surface area contributed by atoms with E-state index in [4.69, 9.17) is 10.8 Å². The van der Waals surface area contributed by atoms with Crippen molar-refractivity contribution in [2.24, 2.45) is 5.73 Å². The third kappa shape index (κ3) is 2.20. The van der Waals surface area contributed by atoms with E-state index in [1.54, 1.807) is 0 Å². The molecule has 5 heteroatoms. The molecule has 0 aromatic heterocycles. The molecule has 1 amide bonds. The van der Waals surface area contributed by atoms with Crippen LogP contribution in [0.2, 0.25) is 0 Å². The molecule has 0 aliphatic carbocycles. The van der Waals surface area contributed by atoms with E-state index < -0.39 is 17.5 Å². The largest absolute Gasteiger partial charge is 0.479 e. The highest BCUT2D eigenvalue weighted by Crippen LogP contribution is 2.13. The lowest BCUT2D eigenvalue weighted by atomic mass is 9.96. The molecule has 0 bridgehead atoms. The molecule has 1 atom stereocenters. The third-order valence-electron chi connectivity index (χ3n) is 1.65. The van der Waals surface area contributed by atoms with Gasteiger partial charge in [-0.15, -0.1) is 0 Å². The van der Waals surface area contributed by atoms with Gasteiger partial charge in [0.1, 0.15) is 0 Å². The van der Waals surface area contributed by atoms with Gasteiger partial charge in [0.25, 0.3) is 5.91 Å². The van der Waals surface area contributed by atoms with Gasteiger partial charge in [-0.3, -0.25) is 4.79 Å². The normalized spacial score (nSPS) is 15.2. The van der Waals surface area contributed by atoms with Crippen LogP contribution in [0, 0.1) is 0 Å². The van der Waals surface area contributed by atoms with Crippen LogP contribution in [0.3, 0.4) is 0 Å². The van der Waals surface area contributed by atoms with Crippen molar-refractivity contribution in [3.63, 3.8) is 0 Å². The molecule has 0 saturated heterocycles. The molecular formula is C7H13NO4. The highest BCUT2D eigenvalue weighted by atomic mass is 16.4. The zero-order valence-electron chi connectivity index (χ0n) is 6.91. The molecule has 0 aliphatic heterocycles. The number of aliphatic hydroxyl groups is 1. The molecule has 0 saturated carbocycles. The number of carboxylic acids is 1. The number of aliphatic carboxylic acids is 1. The van der Waals surface area contributed by atoms with Crippen LogP contribution < -0.4 is 5.73 Å². The number of carbonyl (C=O) groups is 2. The minimum absolute atomic E-state index is 0.131. The second kappa shape index (κ2) is 4.06. The Balaban J connectivity index is 4.40. The van der Waals surface area contributed by atoms with Crippen LogP contribution in [0.5, 0.6) is 0 Å². The second-order valence-corrected chi connectivity index (χ2v) is 2.63. The molecule has 70 valence electrons. The maximum Gasteiger partial charge on any atom is 0.345 e. The Hall–Kier alpha value is -1.10. The quantitative estimate of drug-likeness (QED) is 0.489. The minimum Gasteiger partial charge on any atom is -0.479 e. The first-order valence-electron chi connectivity index (χ1n) is 3.70. The van der Waals surface area contributed by atoms with E-state index in [2.05, 4.69) is 0 Å². The molecule has 0 spiro atoms. The summed E-state index contributed by atoms with van der Waals surface area (Å²) in [6.07, 6.45) is 1.02. The Morgan fingerprint density at radius 1 is 1.50 bits per heavy atom. The lowest BCUT2D eigenvalue weighted by molar-refractivity contribution is -0.165. The van der Waals surface area contributed by atoms with E-state index in [0.717, 1.165) is 0 Å². The first kappa shape index (κ1) is 10.9. The Morgan fingerprint density at radius 2 is 2.00 bits per heavy atom. The Morgan fingerprint density at radius 3 is 2.25 bits per heavy atom. The maximum atomic E-state index is 10.6. The molecule has 5 nitrogen and oxygen atoms in total. The number of unbranched alkanes of at least 4 members (excludes halogenated alkanes) is 1. The van der Waals surface area contributed by atoms with Gasteiger partial charge in [-0.25, -0.2) is 4.79 Å². The number of carbonyl (C=O) groups excluding carboxylic acids is 1. The number of primary amides is 1. The summed E-state index contributed by atoms with van der Waals surface area (Å²) in [5.74, 6) is -2.79. The van der Waals surface area contributed by atoms with Crippen molar-refractivity contribution in [1.29, 1.82) is 0 Å². The zero-order chi connectivity index (χ0) is 9.78. The smallest absolute Gasteiger partial charge is 0.345 e. The predicted octanol–water partition coefficient (Wildman–Crippen LogP) is -0.522. The summed E-state index contributed by atoms with van der Waals surface area (Å²) in [6.45, 7) is 1.82. The highest BCUT2D eigenvalue weighted by molar-refractivity contribution is 6.04. The average molecular weight is 175 g/mol. The van der Waals surface area contributed by atoms with E-state index in [1.807, 2.05) is 6.92 Å². The van der Waals surface area contributed by atoms with E-state index in [-0.39, 0.29) is 6.42 Å². The summed E-state index contributed by atoms with van der Waals surface area (Å²) >= 11 is 0. The summed E-state index contributed by atoms with van der Waals surface area (Å²) in [7, 11) is 0. The van der Waals surface area contributed by atoms with E-state index >= 15 is 0 Å². The average Bonchev–Trinajstić information content (AvgIpc) is 1.99. The van der Waals surface area contributed by atoms with Gasteiger partial charge in [-0.1, -0.05) is 13.3 Å². The summed E-state index contributed by atoms with van der Waals surface area (Å²) < 4.78 is 0. The number of hydrogen-bond donors (Lipinski definition) is 3. The number of carboxylic acid groups (broad SMARTS) is 1. The molecule has 1 unspecified atom stereocenters. The molecule has 0 aromatic rings. The van der Waals surface area contributed by atoms with Gasteiger partial charge in [0, 0.05) is 0 Å². The van der Waals surface area contributed by atoms with Gasteiger partial charge in [0.05, 0.1) is 0 Å². The standard InChI is InChI=1S/C7H13NO4/c1-2-3-4-7(12,5(8)9)6(10)11/h12H,2-4H2,1H3,(H2,8,9)(H,10,11). The van der Waals surface area contributed by atoms with Crippen LogP contribution in [0.1, 0.15) is 26.2 Å². The summed E-state index contributed by atoms with van der Waals surface area (Å²) in [6, 6.07) is 0. The molecule has 0 fully saturated rings. The lowest BCUT2D eigenvalue weighted by Crippen LogP contribution is -2.50. The van der Waals surface area contributed by atoms with Crippen LogP contribution in [-0.2, 0) is 9.59 Å². The van der Waals surface area contributed by atoms with Crippen molar-refractivity contribution >= 4 is 11.9 Å². The van der Waals surface area contributed by atoms with Gasteiger partial charge < -0.3 is 15.9 Å². The molecule has 0 aliphatic rings. The fraction of sp³-hybridized carbons (Fsp3) is 0.714. The number of hydrogen-bond acceptors (Lipinski definition) is 3. The van der Waals surface area contributed by atoms with Crippen molar-refractivity contribution < 1.29 is 19.8 Å². The van der Waals surface area contributed by atoms with Crippen molar-refractivity contribution in [3.8, 4) is 0 Å². The summed E-state index contributed by atoms with van der Waals surface area (Å²) in [5.41, 5.74) is 2.35. The van der Waals surface area contributed by atoms with E-state index in [9.17, 15) is 14.7 Å². The topological polar surface area (TPSA) is 101 Å². The predicted molar refractivity (Wildman–Crippen MR) is 41.3 cm³/mol. The van der Waals surface area contributed by atoms with E-state index in [1.165, 1.54) is 0 Å². The van der Waals surface area contributed by atoms with Crippen LogP contribution in [-0.4, -0.2) is 27.7 Å². The number of amides is 1. The van der Waals surface area contributed by atoms with Gasteiger partial charge in [-0.05, 0) is 12.8 Å². The summed E-state index contributed by atoms with van der Waals surface area (Å²) in [5, 5.41) is 17.7. The van der Waals surface area contributed by atoms with Gasteiger partial charge in [0.15, 0.2) is 0 Å². The molecule has 0 aromatic carbocycles. The van der Waals surface area contributed by atoms with Crippen LogP contribution in [0.15, 0.2) is 0 Å². The maximum absolute atomic E-state index is 10.6. The fourth-order valence-corrected chi connectivity index (χ4v) is 0.768. The highest BCUT2D eigenvalue weighted by Gasteiger charge is 2.41. The van der Waals surface area contributed by atoms with Crippen molar-refractivity contribution in [1.82, 2.24) is 0 Å². The van der Waals surface area contributed by atoms with Crippen molar-refractivity contribution in [3.05, 3.63) is 0 Å². The molecule has 0 heterocycles. The minimum atomic E-state index is -2.39. The molecule has 12 heavy (non-hydrogen) atoms. The number of nitrogens with two attached hydrogens (primary N) is 1. The van der Waals surface area contributed by atoms with Crippen molar-refractivity contribution in [2.45, 2.75) is 31.8 Å². The Labute approximate surface area is 70.2 Å². The molecule has 0 rings (SSSR count). The van der Waals surface area contributed by atoms with Crippen LogP contribution in [0.25, 0.3) is 0 Å². The van der Waals surface area contributed by atoms with Gasteiger partial charge >= 0.3 is 5.97 Å². The van der Waals surface area contributed by atoms with Gasteiger partial charge in [-0.2, -0.15) is 0 Å². The first-order valence-corrected chi connectivity index (χ1v) is 3.70. The zero-order valence-corrected chi connectivity index (χ0v) is 6.91. The van der Waals surface area contributed by atoms with Crippen molar-refractivity contribution in [2.75, 3.05) is 0 Å². The fourth-order valence-electron chi connectivity index (χ4n) is 0.768. The van der Waals surface area contributed by atoms with E-state index in [0.29, 0.717) is 12.8 Å². The summed E-state index contributed by atoms with van der Waals surface area (Å²) in [4.78, 5) is 21.0. The SMILES string of the molecule is CCCCC(O)(C(N)=O)C(=O)O. The third-order valence-corrected chi connectivity index (χ3v) is 1.65. The number of rotatable bonds is 5. The lowest BCUT2D eigenvalue weighted by Gasteiger charge is -2.18. The Bertz CT molecular complexity index is 176. The monoisotopic (exact) mass is 175 g/mol. The first-order chi connectivity index (χ1) is 5.45. The van der Waals surface area contributed by atoms with Crippen LogP contribution >= 0.6 is 0 Å². The molecule has 0 radical (unpaired) electrons. The van der Waals surface area contributed by atoms with Gasteiger partial charge in [0.2, 0.25) is 5.60 Å². The second-order valence-electron chi connectivity index (χ2n) is 2.63.